The molecular formula is C7H5Cl2NO2S. The van der Waals surface area contributed by atoms with Crippen LogP contribution in [0.2, 0.25) is 0 Å². The number of rotatable bonds is 1. The molecule has 6 heteroatoms. The fourth-order valence-electron chi connectivity index (χ4n) is 0.910. The van der Waals surface area contributed by atoms with Crippen molar-refractivity contribution in [1.29, 1.82) is 0 Å². The van der Waals surface area contributed by atoms with Crippen molar-refractivity contribution in [3.63, 3.8) is 0 Å². The molecule has 1 rings (SSSR count). The smallest absolute Gasteiger partial charge is 0.254 e. The Morgan fingerprint density at radius 3 is 2.69 bits per heavy atom. The van der Waals surface area contributed by atoms with Crippen LogP contribution in [-0.4, -0.2) is 14.3 Å². The number of carbonyl (C=O) groups excluding carboxylic acids is 1. The molecule has 0 aliphatic heterocycles. The summed E-state index contributed by atoms with van der Waals surface area (Å²) < 4.78 is 10.5. The van der Waals surface area contributed by atoms with Crippen LogP contribution in [0.5, 0.6) is 0 Å². The predicted molar refractivity (Wildman–Crippen MR) is 53.8 cm³/mol. The van der Waals surface area contributed by atoms with E-state index in [0.717, 1.165) is 0 Å². The molecule has 3 nitrogen and oxygen atoms in total. The van der Waals surface area contributed by atoms with Crippen molar-refractivity contribution in [2.24, 2.45) is 5.73 Å². The molecule has 0 aromatic heterocycles. The highest BCUT2D eigenvalue weighted by molar-refractivity contribution is 7.67. The van der Waals surface area contributed by atoms with Gasteiger partial charge in [-0.25, -0.2) is 4.21 Å². The van der Waals surface area contributed by atoms with Gasteiger partial charge < -0.3 is 5.73 Å². The average molecular weight is 238 g/mol. The van der Waals surface area contributed by atoms with Gasteiger partial charge in [0.2, 0.25) is 0 Å². The molecule has 0 amide bonds. The second-order valence-corrected chi connectivity index (χ2v) is 3.81. The summed E-state index contributed by atoms with van der Waals surface area (Å²) in [5.74, 6) is 0. The van der Waals surface area contributed by atoms with E-state index in [0.29, 0.717) is 10.6 Å². The third-order valence-electron chi connectivity index (χ3n) is 1.51. The van der Waals surface area contributed by atoms with Crippen molar-refractivity contribution in [2.45, 2.75) is 6.42 Å². The third kappa shape index (κ3) is 2.21. The number of hydrogen-bond donors (Lipinski definition) is 1. The van der Waals surface area contributed by atoms with E-state index in [9.17, 15) is 9.00 Å². The highest BCUT2D eigenvalue weighted by Crippen LogP contribution is 2.25. The normalized spacial score (nSPS) is 17.1. The van der Waals surface area contributed by atoms with Crippen molar-refractivity contribution in [1.82, 2.24) is 0 Å². The van der Waals surface area contributed by atoms with Gasteiger partial charge in [-0.2, -0.15) is 0 Å². The molecule has 0 aromatic carbocycles. The Labute approximate surface area is 88.3 Å². The zero-order valence-electron chi connectivity index (χ0n) is 6.34. The second kappa shape index (κ2) is 4.09. The number of carbonyl (C=O) groups is 1. The molecule has 0 saturated heterocycles. The Kier molecular flexibility index (Phi) is 3.30. The maximum absolute atomic E-state index is 10.8. The minimum Gasteiger partial charge on any atom is -0.401 e. The van der Waals surface area contributed by atoms with Crippen molar-refractivity contribution >= 4 is 44.6 Å². The van der Waals surface area contributed by atoms with Crippen molar-refractivity contribution in [3.05, 3.63) is 22.4 Å². The van der Waals surface area contributed by atoms with Crippen LogP contribution < -0.4 is 5.73 Å². The first-order valence-corrected chi connectivity index (χ1v) is 4.77. The van der Waals surface area contributed by atoms with Gasteiger partial charge in [0.25, 0.3) is 5.24 Å². The standard InChI is InChI=1S/C7H5Cl2NO2S/c8-6-4(7(9)11)1-3(13-12)2-5(6)10/h1H,2,10H2. The molecule has 13 heavy (non-hydrogen) atoms. The zero-order valence-corrected chi connectivity index (χ0v) is 8.67. The molecule has 70 valence electrons. The quantitative estimate of drug-likeness (QED) is 0.544. The van der Waals surface area contributed by atoms with E-state index in [2.05, 4.69) is 0 Å². The first-order valence-electron chi connectivity index (χ1n) is 3.28. The van der Waals surface area contributed by atoms with E-state index < -0.39 is 5.24 Å². The van der Waals surface area contributed by atoms with E-state index in [1.54, 1.807) is 0 Å². The summed E-state index contributed by atoms with van der Waals surface area (Å²) in [7, 11) is 0. The van der Waals surface area contributed by atoms with Gasteiger partial charge in [0.1, 0.15) is 0 Å². The molecule has 0 radical (unpaired) electrons. The lowest BCUT2D eigenvalue weighted by molar-refractivity contribution is -0.108. The summed E-state index contributed by atoms with van der Waals surface area (Å²) in [6.45, 7) is 0. The Morgan fingerprint density at radius 2 is 2.23 bits per heavy atom. The minimum atomic E-state index is -0.709. The van der Waals surface area contributed by atoms with Crippen LogP contribution >= 0.6 is 23.2 Å². The van der Waals surface area contributed by atoms with E-state index in [-0.39, 0.29) is 28.3 Å². The number of allylic oxidation sites excluding steroid dienone is 4. The van der Waals surface area contributed by atoms with Gasteiger partial charge in [-0.3, -0.25) is 4.79 Å². The van der Waals surface area contributed by atoms with Gasteiger partial charge in [-0.05, 0) is 17.7 Å². The van der Waals surface area contributed by atoms with Crippen LogP contribution in [0.15, 0.2) is 22.4 Å². The Morgan fingerprint density at radius 1 is 1.62 bits per heavy atom. The van der Waals surface area contributed by atoms with Crippen LogP contribution in [0.1, 0.15) is 6.42 Å². The van der Waals surface area contributed by atoms with Gasteiger partial charge in [-0.1, -0.05) is 11.6 Å². The Balaban J connectivity index is 3.23. The molecular weight excluding hydrogens is 233 g/mol. The van der Waals surface area contributed by atoms with Crippen LogP contribution in [0.3, 0.4) is 0 Å². The Bertz CT molecular complexity index is 380. The maximum atomic E-state index is 10.8. The van der Waals surface area contributed by atoms with E-state index in [4.69, 9.17) is 28.9 Å². The van der Waals surface area contributed by atoms with E-state index in [1.165, 1.54) is 6.08 Å². The first-order chi connectivity index (χ1) is 6.06. The fraction of sp³-hybridized carbons (Fsp3) is 0.143. The summed E-state index contributed by atoms with van der Waals surface area (Å²) in [4.78, 5) is 11.3. The highest BCUT2D eigenvalue weighted by atomic mass is 35.5. The third-order valence-corrected chi connectivity index (χ3v) is 2.63. The first kappa shape index (κ1) is 10.5. The molecule has 0 aromatic rings. The van der Waals surface area contributed by atoms with Gasteiger partial charge in [-0.15, -0.1) is 0 Å². The van der Waals surface area contributed by atoms with Crippen molar-refractivity contribution in [2.75, 3.05) is 0 Å². The molecule has 2 N–H and O–H groups in total. The topological polar surface area (TPSA) is 60.2 Å². The van der Waals surface area contributed by atoms with Crippen molar-refractivity contribution in [3.8, 4) is 0 Å². The van der Waals surface area contributed by atoms with E-state index in [1.807, 2.05) is 0 Å². The minimum absolute atomic E-state index is 0.0884. The monoisotopic (exact) mass is 237 g/mol. The molecule has 0 unspecified atom stereocenters. The number of hydrogen-bond acceptors (Lipinski definition) is 3. The van der Waals surface area contributed by atoms with Crippen LogP contribution in [0, 0.1) is 0 Å². The number of halogens is 2. The van der Waals surface area contributed by atoms with Crippen LogP contribution in [0.25, 0.3) is 0 Å². The highest BCUT2D eigenvalue weighted by Gasteiger charge is 2.19. The van der Waals surface area contributed by atoms with Gasteiger partial charge >= 0.3 is 0 Å². The lowest BCUT2D eigenvalue weighted by Crippen LogP contribution is -2.14. The SMILES string of the molecule is NC1=C(Cl)C(C(=O)Cl)=CC(=S=O)C1. The lowest BCUT2D eigenvalue weighted by atomic mass is 10.1. The molecule has 0 spiro atoms. The van der Waals surface area contributed by atoms with Gasteiger partial charge in [0.15, 0.2) is 0 Å². The molecule has 0 heterocycles. The molecule has 0 fully saturated rings. The summed E-state index contributed by atoms with van der Waals surface area (Å²) in [5, 5.41) is -0.572. The summed E-state index contributed by atoms with van der Waals surface area (Å²) in [5.41, 5.74) is 5.88. The van der Waals surface area contributed by atoms with Crippen LogP contribution in [0.4, 0.5) is 0 Å². The summed E-state index contributed by atoms with van der Waals surface area (Å²) in [6.07, 6.45) is 1.65. The molecule has 1 aliphatic carbocycles. The Hall–Kier alpha value is -0.580. The summed E-state index contributed by atoms with van der Waals surface area (Å²) >= 11 is 11.2. The maximum Gasteiger partial charge on any atom is 0.254 e. The van der Waals surface area contributed by atoms with Gasteiger partial charge in [0.05, 0.1) is 26.7 Å². The van der Waals surface area contributed by atoms with Gasteiger partial charge in [0, 0.05) is 12.1 Å². The largest absolute Gasteiger partial charge is 0.401 e. The predicted octanol–water partition coefficient (Wildman–Crippen LogP) is 0.876. The lowest BCUT2D eigenvalue weighted by Gasteiger charge is -2.11. The molecule has 1 aliphatic rings. The van der Waals surface area contributed by atoms with E-state index >= 15 is 0 Å². The average Bonchev–Trinajstić information content (AvgIpc) is 2.09. The fourth-order valence-corrected chi connectivity index (χ4v) is 1.70. The zero-order chi connectivity index (χ0) is 10.0. The number of nitrogens with two attached hydrogens (primary N) is 1. The molecule has 0 atom stereocenters. The van der Waals surface area contributed by atoms with Crippen molar-refractivity contribution < 1.29 is 9.00 Å². The second-order valence-electron chi connectivity index (χ2n) is 2.40. The summed E-state index contributed by atoms with van der Waals surface area (Å²) in [6, 6.07) is 0. The molecule has 0 bridgehead atoms. The molecule has 0 saturated carbocycles. The van der Waals surface area contributed by atoms with Crippen LogP contribution in [-0.2, 0) is 16.1 Å².